The minimum atomic E-state index is -0.561. The predicted octanol–water partition coefficient (Wildman–Crippen LogP) is 2.16. The van der Waals surface area contributed by atoms with Gasteiger partial charge in [-0.25, -0.2) is 4.79 Å². The van der Waals surface area contributed by atoms with Crippen molar-refractivity contribution in [3.63, 3.8) is 0 Å². The molecule has 0 atom stereocenters. The first-order chi connectivity index (χ1) is 13.1. The van der Waals surface area contributed by atoms with Gasteiger partial charge >= 0.3 is 5.69 Å². The normalized spacial score (nSPS) is 10.4. The molecule has 138 valence electrons. The van der Waals surface area contributed by atoms with Crippen molar-refractivity contribution >= 4 is 5.91 Å². The fraction of sp³-hybridized carbons (Fsp3) is 0.200. The number of hydrogen-bond acceptors (Lipinski definition) is 5. The highest BCUT2D eigenvalue weighted by Gasteiger charge is 2.15. The van der Waals surface area contributed by atoms with E-state index < -0.39 is 5.69 Å². The Morgan fingerprint density at radius 1 is 1.15 bits per heavy atom. The standard InChI is InChI=1S/C20H20N4O3/c1-24(12-9-14-7-10-21-11-8-14)19(25)18-13-17(22-20(26)23-18)15-3-5-16(27-2)6-4-15/h3-8,10-11,13H,9,12H2,1-2H3,(H,22,23,26). The Morgan fingerprint density at radius 3 is 2.52 bits per heavy atom. The van der Waals surface area contributed by atoms with Crippen molar-refractivity contribution < 1.29 is 9.53 Å². The fourth-order valence-electron chi connectivity index (χ4n) is 2.64. The van der Waals surface area contributed by atoms with Crippen molar-refractivity contribution in [1.29, 1.82) is 0 Å². The summed E-state index contributed by atoms with van der Waals surface area (Å²) < 4.78 is 5.13. The highest BCUT2D eigenvalue weighted by molar-refractivity contribution is 5.93. The lowest BCUT2D eigenvalue weighted by Crippen LogP contribution is -2.31. The van der Waals surface area contributed by atoms with Gasteiger partial charge in [0.15, 0.2) is 0 Å². The van der Waals surface area contributed by atoms with Gasteiger partial charge in [-0.15, -0.1) is 0 Å². The number of aromatic nitrogens is 3. The zero-order valence-corrected chi connectivity index (χ0v) is 15.2. The van der Waals surface area contributed by atoms with Crippen LogP contribution in [0, 0.1) is 0 Å². The molecule has 1 amide bonds. The van der Waals surface area contributed by atoms with Gasteiger partial charge in [0.2, 0.25) is 0 Å². The highest BCUT2D eigenvalue weighted by atomic mass is 16.5. The Balaban J connectivity index is 1.77. The van der Waals surface area contributed by atoms with Gasteiger partial charge in [0.1, 0.15) is 11.4 Å². The molecule has 2 heterocycles. The van der Waals surface area contributed by atoms with Crippen LogP contribution < -0.4 is 10.4 Å². The van der Waals surface area contributed by atoms with Crippen LogP contribution in [0.25, 0.3) is 11.3 Å². The first kappa shape index (κ1) is 18.3. The first-order valence-electron chi connectivity index (χ1n) is 8.47. The number of pyridine rings is 1. The minimum absolute atomic E-state index is 0.207. The number of aromatic amines is 1. The van der Waals surface area contributed by atoms with E-state index in [0.717, 1.165) is 11.1 Å². The monoisotopic (exact) mass is 364 g/mol. The molecule has 0 saturated heterocycles. The van der Waals surface area contributed by atoms with Gasteiger partial charge in [-0.1, -0.05) is 0 Å². The summed E-state index contributed by atoms with van der Waals surface area (Å²) in [6.45, 7) is 0.519. The number of carbonyl (C=O) groups is 1. The Labute approximate surface area is 156 Å². The Morgan fingerprint density at radius 2 is 1.85 bits per heavy atom. The average molecular weight is 364 g/mol. The van der Waals surface area contributed by atoms with E-state index >= 15 is 0 Å². The number of benzene rings is 1. The number of methoxy groups -OCH3 is 1. The summed E-state index contributed by atoms with van der Waals surface area (Å²) in [4.78, 5) is 36.7. The summed E-state index contributed by atoms with van der Waals surface area (Å²) in [6, 6.07) is 12.6. The third-order valence-electron chi connectivity index (χ3n) is 4.19. The summed E-state index contributed by atoms with van der Waals surface area (Å²) >= 11 is 0. The first-order valence-corrected chi connectivity index (χ1v) is 8.47. The molecular formula is C20H20N4O3. The molecule has 27 heavy (non-hydrogen) atoms. The number of ether oxygens (including phenoxy) is 1. The van der Waals surface area contributed by atoms with E-state index in [1.54, 1.807) is 61.8 Å². The third kappa shape index (κ3) is 4.58. The Kier molecular flexibility index (Phi) is 5.61. The number of nitrogens with zero attached hydrogens (tertiary/aromatic N) is 3. The zero-order valence-electron chi connectivity index (χ0n) is 15.2. The molecular weight excluding hydrogens is 344 g/mol. The van der Waals surface area contributed by atoms with Gasteiger partial charge in [-0.05, 0) is 54.4 Å². The number of carbonyl (C=O) groups excluding carboxylic acids is 1. The Bertz CT molecular complexity index is 969. The molecule has 0 aliphatic carbocycles. The summed E-state index contributed by atoms with van der Waals surface area (Å²) in [5.74, 6) is 0.439. The number of hydrogen-bond donors (Lipinski definition) is 1. The molecule has 0 radical (unpaired) electrons. The lowest BCUT2D eigenvalue weighted by Gasteiger charge is -2.17. The van der Waals surface area contributed by atoms with E-state index in [0.29, 0.717) is 24.4 Å². The second-order valence-corrected chi connectivity index (χ2v) is 6.05. The maximum absolute atomic E-state index is 12.7. The molecule has 0 aliphatic rings. The van der Waals surface area contributed by atoms with Crippen molar-refractivity contribution in [2.24, 2.45) is 0 Å². The number of nitrogens with one attached hydrogen (secondary N) is 1. The van der Waals surface area contributed by atoms with Crippen LogP contribution in [0.5, 0.6) is 5.75 Å². The van der Waals surface area contributed by atoms with Crippen LogP contribution in [0.3, 0.4) is 0 Å². The summed E-state index contributed by atoms with van der Waals surface area (Å²) in [5.41, 5.74) is 1.90. The molecule has 0 spiro atoms. The second-order valence-electron chi connectivity index (χ2n) is 6.05. The molecule has 7 nitrogen and oxygen atoms in total. The molecule has 7 heteroatoms. The van der Waals surface area contributed by atoms with Crippen LogP contribution in [0.1, 0.15) is 16.1 Å². The zero-order chi connectivity index (χ0) is 19.2. The van der Waals surface area contributed by atoms with Crippen LogP contribution in [-0.2, 0) is 6.42 Å². The van der Waals surface area contributed by atoms with Crippen LogP contribution in [0.4, 0.5) is 0 Å². The topological polar surface area (TPSA) is 88.2 Å². The maximum Gasteiger partial charge on any atom is 0.346 e. The van der Waals surface area contributed by atoms with Crippen molar-refractivity contribution in [2.45, 2.75) is 6.42 Å². The van der Waals surface area contributed by atoms with Gasteiger partial charge in [-0.3, -0.25) is 9.78 Å². The molecule has 3 rings (SSSR count). The fourth-order valence-corrected chi connectivity index (χ4v) is 2.64. The lowest BCUT2D eigenvalue weighted by molar-refractivity contribution is 0.0790. The highest BCUT2D eigenvalue weighted by Crippen LogP contribution is 2.20. The quantitative estimate of drug-likeness (QED) is 0.724. The molecule has 3 aromatic rings. The van der Waals surface area contributed by atoms with E-state index in [4.69, 9.17) is 4.74 Å². The second kappa shape index (κ2) is 8.27. The lowest BCUT2D eigenvalue weighted by atomic mass is 10.1. The van der Waals surface area contributed by atoms with Gasteiger partial charge in [0, 0.05) is 31.5 Å². The molecule has 0 saturated carbocycles. The smallest absolute Gasteiger partial charge is 0.346 e. The third-order valence-corrected chi connectivity index (χ3v) is 4.19. The van der Waals surface area contributed by atoms with Gasteiger partial charge in [0.25, 0.3) is 5.91 Å². The number of amides is 1. The van der Waals surface area contributed by atoms with Gasteiger partial charge in [0.05, 0.1) is 12.8 Å². The van der Waals surface area contributed by atoms with Crippen molar-refractivity contribution in [3.05, 3.63) is 76.6 Å². The van der Waals surface area contributed by atoms with E-state index in [1.807, 2.05) is 12.1 Å². The molecule has 0 fully saturated rings. The van der Waals surface area contributed by atoms with Crippen molar-refractivity contribution in [1.82, 2.24) is 19.9 Å². The number of H-pyrrole nitrogens is 1. The summed E-state index contributed by atoms with van der Waals surface area (Å²) in [7, 11) is 3.29. The molecule has 1 N–H and O–H groups in total. The minimum Gasteiger partial charge on any atom is -0.497 e. The van der Waals surface area contributed by atoms with Crippen LogP contribution in [0.2, 0.25) is 0 Å². The van der Waals surface area contributed by atoms with E-state index in [9.17, 15) is 9.59 Å². The van der Waals surface area contributed by atoms with Gasteiger partial charge < -0.3 is 14.6 Å². The molecule has 0 bridgehead atoms. The summed E-state index contributed by atoms with van der Waals surface area (Å²) in [5, 5.41) is 0. The van der Waals surface area contributed by atoms with Crippen molar-refractivity contribution in [2.75, 3.05) is 20.7 Å². The number of likely N-dealkylation sites (N-methyl/N-ethyl adjacent to an activating group) is 1. The maximum atomic E-state index is 12.7. The average Bonchev–Trinajstić information content (AvgIpc) is 2.71. The van der Waals surface area contributed by atoms with Crippen LogP contribution >= 0.6 is 0 Å². The Hall–Kier alpha value is -3.48. The van der Waals surface area contributed by atoms with Gasteiger partial charge in [-0.2, -0.15) is 4.98 Å². The predicted molar refractivity (Wildman–Crippen MR) is 102 cm³/mol. The molecule has 0 unspecified atom stereocenters. The van der Waals surface area contributed by atoms with E-state index in [1.165, 1.54) is 0 Å². The van der Waals surface area contributed by atoms with Crippen LogP contribution in [0.15, 0.2) is 59.7 Å². The molecule has 1 aromatic carbocycles. The number of rotatable bonds is 6. The van der Waals surface area contributed by atoms with E-state index in [2.05, 4.69) is 15.0 Å². The SMILES string of the molecule is COc1ccc(-c2cc(C(=O)N(C)CCc3ccncc3)[nH]c(=O)n2)cc1. The van der Waals surface area contributed by atoms with Crippen molar-refractivity contribution in [3.8, 4) is 17.0 Å². The van der Waals surface area contributed by atoms with E-state index in [-0.39, 0.29) is 11.6 Å². The van der Waals surface area contributed by atoms with Crippen LogP contribution in [-0.4, -0.2) is 46.5 Å². The molecule has 2 aromatic heterocycles. The molecule has 0 aliphatic heterocycles. The summed E-state index contributed by atoms with van der Waals surface area (Å²) in [6.07, 6.45) is 4.14. The largest absolute Gasteiger partial charge is 0.497 e.